The fourth-order valence-electron chi connectivity index (χ4n) is 2.58. The molecule has 1 aliphatic carbocycles. The minimum Gasteiger partial charge on any atom is -0.339 e. The highest BCUT2D eigenvalue weighted by Gasteiger charge is 2.35. The summed E-state index contributed by atoms with van der Waals surface area (Å²) in [6, 6.07) is 7.65. The van der Waals surface area contributed by atoms with Crippen molar-refractivity contribution in [3.05, 3.63) is 46.6 Å². The van der Waals surface area contributed by atoms with Crippen LogP contribution in [0.2, 0.25) is 5.02 Å². The molecular weight excluding hydrogens is 262 g/mol. The summed E-state index contributed by atoms with van der Waals surface area (Å²) in [5, 5.41) is 4.76. The van der Waals surface area contributed by atoms with Gasteiger partial charge in [-0.2, -0.15) is 4.98 Å². The normalized spacial score (nSPS) is 17.8. The number of nitrogens with zero attached hydrogens (tertiary/aromatic N) is 2. The smallest absolute Gasteiger partial charge is 0.231 e. The minimum atomic E-state index is -0.393. The van der Waals surface area contributed by atoms with Crippen LogP contribution >= 0.6 is 11.6 Å². The third-order valence-electron chi connectivity index (χ3n) is 3.65. The number of nitrogens with two attached hydrogens (primary N) is 1. The summed E-state index contributed by atoms with van der Waals surface area (Å²) < 4.78 is 5.30. The van der Waals surface area contributed by atoms with E-state index in [1.54, 1.807) is 0 Å². The molecule has 2 N–H and O–H groups in total. The highest BCUT2D eigenvalue weighted by atomic mass is 35.5. The number of benzene rings is 1. The molecule has 1 aliphatic rings. The maximum Gasteiger partial charge on any atom is 0.231 e. The zero-order chi connectivity index (χ0) is 13.3. The second-order valence-corrected chi connectivity index (χ2v) is 5.62. The fourth-order valence-corrected chi connectivity index (χ4v) is 2.79. The van der Waals surface area contributed by atoms with E-state index in [9.17, 15) is 0 Å². The highest BCUT2D eigenvalue weighted by Crippen LogP contribution is 2.34. The lowest BCUT2D eigenvalue weighted by molar-refractivity contribution is 0.352. The Morgan fingerprint density at radius 2 is 2.11 bits per heavy atom. The molecule has 1 aromatic heterocycles. The Bertz CT molecular complexity index is 576. The maximum atomic E-state index is 6.31. The van der Waals surface area contributed by atoms with Crippen molar-refractivity contribution in [2.24, 2.45) is 5.73 Å². The van der Waals surface area contributed by atoms with Crippen molar-refractivity contribution in [3.63, 3.8) is 0 Å². The van der Waals surface area contributed by atoms with Crippen LogP contribution in [0.4, 0.5) is 0 Å². The Hall–Kier alpha value is -1.39. The average Bonchev–Trinajstić information content (AvgIpc) is 2.99. The molecule has 4 nitrogen and oxygen atoms in total. The van der Waals surface area contributed by atoms with Crippen LogP contribution < -0.4 is 5.73 Å². The number of rotatable bonds is 3. The van der Waals surface area contributed by atoms with Gasteiger partial charge in [-0.1, -0.05) is 41.7 Å². The molecule has 100 valence electrons. The average molecular weight is 278 g/mol. The monoisotopic (exact) mass is 277 g/mol. The predicted molar refractivity (Wildman–Crippen MR) is 72.9 cm³/mol. The van der Waals surface area contributed by atoms with Gasteiger partial charge < -0.3 is 10.3 Å². The maximum absolute atomic E-state index is 6.31. The lowest BCUT2D eigenvalue weighted by atomic mass is 9.99. The van der Waals surface area contributed by atoms with Crippen LogP contribution in [0.1, 0.15) is 43.0 Å². The fraction of sp³-hybridized carbons (Fsp3) is 0.429. The van der Waals surface area contributed by atoms with Gasteiger partial charge in [0, 0.05) is 5.02 Å². The van der Waals surface area contributed by atoms with Gasteiger partial charge in [0.15, 0.2) is 5.82 Å². The van der Waals surface area contributed by atoms with Crippen molar-refractivity contribution in [2.75, 3.05) is 0 Å². The van der Waals surface area contributed by atoms with Crippen LogP contribution in [-0.2, 0) is 12.0 Å². The Balaban J connectivity index is 1.78. The molecule has 2 aromatic rings. The van der Waals surface area contributed by atoms with Crippen LogP contribution in [-0.4, -0.2) is 10.1 Å². The summed E-state index contributed by atoms with van der Waals surface area (Å²) in [5.41, 5.74) is 6.97. The van der Waals surface area contributed by atoms with Crippen molar-refractivity contribution >= 4 is 11.6 Å². The van der Waals surface area contributed by atoms with Crippen molar-refractivity contribution < 1.29 is 4.52 Å². The van der Waals surface area contributed by atoms with E-state index in [4.69, 9.17) is 21.9 Å². The number of hydrogen-bond donors (Lipinski definition) is 1. The topological polar surface area (TPSA) is 64.9 Å². The number of halogens is 1. The quantitative estimate of drug-likeness (QED) is 0.936. The van der Waals surface area contributed by atoms with Gasteiger partial charge in [0.05, 0.1) is 12.0 Å². The van der Waals surface area contributed by atoms with Crippen molar-refractivity contribution in [2.45, 2.75) is 37.6 Å². The Kier molecular flexibility index (Phi) is 3.29. The first kappa shape index (κ1) is 12.6. The first-order valence-electron chi connectivity index (χ1n) is 6.52. The van der Waals surface area contributed by atoms with Gasteiger partial charge in [0.25, 0.3) is 0 Å². The van der Waals surface area contributed by atoms with E-state index in [0.29, 0.717) is 23.2 Å². The summed E-state index contributed by atoms with van der Waals surface area (Å²) in [5.74, 6) is 1.23. The van der Waals surface area contributed by atoms with E-state index in [0.717, 1.165) is 31.2 Å². The van der Waals surface area contributed by atoms with E-state index in [1.165, 1.54) is 0 Å². The molecule has 1 fully saturated rings. The van der Waals surface area contributed by atoms with Crippen LogP contribution in [0, 0.1) is 0 Å². The highest BCUT2D eigenvalue weighted by molar-refractivity contribution is 6.30. The van der Waals surface area contributed by atoms with E-state index < -0.39 is 5.54 Å². The summed E-state index contributed by atoms with van der Waals surface area (Å²) in [4.78, 5) is 4.44. The minimum absolute atomic E-state index is 0.393. The van der Waals surface area contributed by atoms with Crippen LogP contribution in [0.25, 0.3) is 0 Å². The molecule has 0 amide bonds. The van der Waals surface area contributed by atoms with Crippen molar-refractivity contribution in [3.8, 4) is 0 Å². The van der Waals surface area contributed by atoms with Gasteiger partial charge in [-0.05, 0) is 30.5 Å². The molecule has 0 unspecified atom stereocenters. The van der Waals surface area contributed by atoms with Gasteiger partial charge in [-0.25, -0.2) is 0 Å². The van der Waals surface area contributed by atoms with Crippen LogP contribution in [0.15, 0.2) is 28.8 Å². The predicted octanol–water partition coefficient (Wildman–Crippen LogP) is 3.04. The van der Waals surface area contributed by atoms with E-state index in [2.05, 4.69) is 10.1 Å². The Morgan fingerprint density at radius 3 is 2.84 bits per heavy atom. The SMILES string of the molecule is NC1(c2noc(Cc3cccc(Cl)c3)n2)CCCC1. The third-order valence-corrected chi connectivity index (χ3v) is 3.89. The molecule has 3 rings (SSSR count). The first-order chi connectivity index (χ1) is 9.16. The lowest BCUT2D eigenvalue weighted by Gasteiger charge is -2.17. The zero-order valence-electron chi connectivity index (χ0n) is 10.6. The summed E-state index contributed by atoms with van der Waals surface area (Å²) in [7, 11) is 0. The van der Waals surface area contributed by atoms with Gasteiger partial charge in [0.1, 0.15) is 0 Å². The molecule has 1 saturated carbocycles. The third kappa shape index (κ3) is 2.65. The lowest BCUT2D eigenvalue weighted by Crippen LogP contribution is -2.34. The molecule has 1 heterocycles. The van der Waals surface area contributed by atoms with Crippen LogP contribution in [0.5, 0.6) is 0 Å². The Morgan fingerprint density at radius 1 is 1.32 bits per heavy atom. The first-order valence-corrected chi connectivity index (χ1v) is 6.90. The molecule has 1 aromatic carbocycles. The molecule has 0 bridgehead atoms. The van der Waals surface area contributed by atoms with E-state index >= 15 is 0 Å². The number of aromatic nitrogens is 2. The molecule has 0 saturated heterocycles. The van der Waals surface area contributed by atoms with Gasteiger partial charge >= 0.3 is 0 Å². The Labute approximate surface area is 117 Å². The van der Waals surface area contributed by atoms with Crippen molar-refractivity contribution in [1.82, 2.24) is 10.1 Å². The van der Waals surface area contributed by atoms with Gasteiger partial charge in [-0.3, -0.25) is 0 Å². The van der Waals surface area contributed by atoms with Crippen molar-refractivity contribution in [1.29, 1.82) is 0 Å². The molecule has 0 aliphatic heterocycles. The zero-order valence-corrected chi connectivity index (χ0v) is 11.4. The molecule has 5 heteroatoms. The molecule has 0 spiro atoms. The number of hydrogen-bond acceptors (Lipinski definition) is 4. The molecular formula is C14H16ClN3O. The van der Waals surface area contributed by atoms with E-state index in [1.807, 2.05) is 24.3 Å². The standard InChI is InChI=1S/C14H16ClN3O/c15-11-5-3-4-10(8-11)9-12-17-13(18-19-12)14(16)6-1-2-7-14/h3-5,8H,1-2,6-7,9,16H2. The van der Waals surface area contributed by atoms with Gasteiger partial charge in [0.2, 0.25) is 5.89 Å². The van der Waals surface area contributed by atoms with Crippen LogP contribution in [0.3, 0.4) is 0 Å². The van der Waals surface area contributed by atoms with E-state index in [-0.39, 0.29) is 0 Å². The van der Waals surface area contributed by atoms with Gasteiger partial charge in [-0.15, -0.1) is 0 Å². The summed E-state index contributed by atoms with van der Waals surface area (Å²) >= 11 is 5.96. The second kappa shape index (κ2) is 4.94. The largest absolute Gasteiger partial charge is 0.339 e. The molecule has 19 heavy (non-hydrogen) atoms. The second-order valence-electron chi connectivity index (χ2n) is 5.18. The summed E-state index contributed by atoms with van der Waals surface area (Å²) in [6.07, 6.45) is 4.72. The molecule has 0 atom stereocenters. The summed E-state index contributed by atoms with van der Waals surface area (Å²) in [6.45, 7) is 0. The molecule has 0 radical (unpaired) electrons.